The molecule has 1 unspecified atom stereocenters. The van der Waals surface area contributed by atoms with Crippen LogP contribution in [0.2, 0.25) is 0 Å². The quantitative estimate of drug-likeness (QED) is 0.782. The lowest BCUT2D eigenvalue weighted by Crippen LogP contribution is -2.20. The Morgan fingerprint density at radius 1 is 1.29 bits per heavy atom. The number of nitrogens with one attached hydrogen (secondary N) is 1. The van der Waals surface area contributed by atoms with E-state index >= 15 is 0 Å². The summed E-state index contributed by atoms with van der Waals surface area (Å²) in [6.07, 6.45) is 0.903. The summed E-state index contributed by atoms with van der Waals surface area (Å²) in [6.45, 7) is 3.57. The molecule has 2 rings (SSSR count). The molecule has 0 aliphatic rings. The second kappa shape index (κ2) is 7.71. The van der Waals surface area contributed by atoms with Crippen LogP contribution < -0.4 is 14.8 Å². The van der Waals surface area contributed by atoms with Crippen molar-refractivity contribution in [1.29, 1.82) is 0 Å². The molecule has 2 N–H and O–H groups in total. The average Bonchev–Trinajstić information content (AvgIpc) is 3.02. The number of aliphatic hydroxyl groups is 1. The van der Waals surface area contributed by atoms with E-state index in [4.69, 9.17) is 13.9 Å². The Kier molecular flexibility index (Phi) is 5.66. The van der Waals surface area contributed by atoms with Gasteiger partial charge in [-0.3, -0.25) is 0 Å². The molecule has 0 saturated carbocycles. The molecule has 0 saturated heterocycles. The molecule has 21 heavy (non-hydrogen) atoms. The molecule has 0 fully saturated rings. The SMILES string of the molecule is CCOc1cc(CNCC(O)c2ccco2)ccc1OC. The molecule has 0 radical (unpaired) electrons. The third-order valence-electron chi connectivity index (χ3n) is 3.07. The summed E-state index contributed by atoms with van der Waals surface area (Å²) in [5.41, 5.74) is 1.06. The molecule has 0 aliphatic heterocycles. The van der Waals surface area contributed by atoms with Gasteiger partial charge in [0.15, 0.2) is 11.5 Å². The topological polar surface area (TPSA) is 63.9 Å². The average molecular weight is 291 g/mol. The smallest absolute Gasteiger partial charge is 0.161 e. The third-order valence-corrected chi connectivity index (χ3v) is 3.07. The number of ether oxygens (including phenoxy) is 2. The fourth-order valence-corrected chi connectivity index (χ4v) is 2.03. The molecular weight excluding hydrogens is 270 g/mol. The zero-order valence-electron chi connectivity index (χ0n) is 12.3. The van der Waals surface area contributed by atoms with Crippen LogP contribution in [0.5, 0.6) is 11.5 Å². The summed E-state index contributed by atoms with van der Waals surface area (Å²) in [6, 6.07) is 9.30. The molecule has 5 heteroatoms. The number of hydrogen-bond donors (Lipinski definition) is 2. The third kappa shape index (κ3) is 4.24. The maximum atomic E-state index is 9.91. The highest BCUT2D eigenvalue weighted by atomic mass is 16.5. The van der Waals surface area contributed by atoms with Gasteiger partial charge in [0, 0.05) is 13.1 Å². The van der Waals surface area contributed by atoms with Crippen LogP contribution in [0.25, 0.3) is 0 Å². The van der Waals surface area contributed by atoms with E-state index < -0.39 is 6.10 Å². The van der Waals surface area contributed by atoms with Crippen LogP contribution in [-0.4, -0.2) is 25.4 Å². The lowest BCUT2D eigenvalue weighted by Gasteiger charge is -2.12. The fraction of sp³-hybridized carbons (Fsp3) is 0.375. The second-order valence-corrected chi connectivity index (χ2v) is 4.58. The van der Waals surface area contributed by atoms with E-state index in [2.05, 4.69) is 5.32 Å². The maximum Gasteiger partial charge on any atom is 0.161 e. The van der Waals surface area contributed by atoms with Gasteiger partial charge in [-0.15, -0.1) is 0 Å². The summed E-state index contributed by atoms with van der Waals surface area (Å²) >= 11 is 0. The number of methoxy groups -OCH3 is 1. The van der Waals surface area contributed by atoms with Crippen molar-refractivity contribution >= 4 is 0 Å². The molecule has 5 nitrogen and oxygen atoms in total. The summed E-state index contributed by atoms with van der Waals surface area (Å²) in [5.74, 6) is 2.01. The van der Waals surface area contributed by atoms with Crippen molar-refractivity contribution in [3.63, 3.8) is 0 Å². The van der Waals surface area contributed by atoms with Gasteiger partial charge in [0.05, 0.1) is 20.0 Å². The highest BCUT2D eigenvalue weighted by Crippen LogP contribution is 2.28. The first-order valence-electron chi connectivity index (χ1n) is 6.96. The number of furan rings is 1. The minimum absolute atomic E-state index is 0.420. The normalized spacial score (nSPS) is 12.1. The Balaban J connectivity index is 1.89. The number of aliphatic hydroxyl groups excluding tert-OH is 1. The van der Waals surface area contributed by atoms with Crippen LogP contribution in [-0.2, 0) is 6.54 Å². The van der Waals surface area contributed by atoms with Crippen LogP contribution in [0.15, 0.2) is 41.0 Å². The first-order chi connectivity index (χ1) is 10.2. The minimum Gasteiger partial charge on any atom is -0.493 e. The van der Waals surface area contributed by atoms with Gasteiger partial charge >= 0.3 is 0 Å². The molecule has 0 bridgehead atoms. The maximum absolute atomic E-state index is 9.91. The molecule has 1 heterocycles. The number of benzene rings is 1. The summed E-state index contributed by atoms with van der Waals surface area (Å²) in [7, 11) is 1.62. The van der Waals surface area contributed by atoms with Gasteiger partial charge in [0.1, 0.15) is 11.9 Å². The highest BCUT2D eigenvalue weighted by molar-refractivity contribution is 5.42. The van der Waals surface area contributed by atoms with Crippen molar-refractivity contribution in [2.24, 2.45) is 0 Å². The number of hydrogen-bond acceptors (Lipinski definition) is 5. The van der Waals surface area contributed by atoms with E-state index in [1.165, 1.54) is 0 Å². The van der Waals surface area contributed by atoms with Crippen molar-refractivity contribution in [2.75, 3.05) is 20.3 Å². The second-order valence-electron chi connectivity index (χ2n) is 4.58. The molecular formula is C16H21NO4. The molecule has 0 amide bonds. The first-order valence-corrected chi connectivity index (χ1v) is 6.96. The van der Waals surface area contributed by atoms with Gasteiger partial charge in [-0.1, -0.05) is 6.07 Å². The molecule has 1 aromatic carbocycles. The van der Waals surface area contributed by atoms with Gasteiger partial charge in [0.25, 0.3) is 0 Å². The predicted molar refractivity (Wildman–Crippen MR) is 79.5 cm³/mol. The van der Waals surface area contributed by atoms with E-state index in [1.807, 2.05) is 25.1 Å². The zero-order chi connectivity index (χ0) is 15.1. The molecule has 2 aromatic rings. The number of rotatable bonds is 8. The molecule has 0 spiro atoms. The summed E-state index contributed by atoms with van der Waals surface area (Å²) < 4.78 is 15.9. The predicted octanol–water partition coefficient (Wildman–Crippen LogP) is 2.51. The molecule has 0 aliphatic carbocycles. The van der Waals surface area contributed by atoms with Crippen LogP contribution in [0.1, 0.15) is 24.4 Å². The van der Waals surface area contributed by atoms with Gasteiger partial charge in [-0.2, -0.15) is 0 Å². The molecule has 1 aromatic heterocycles. The Morgan fingerprint density at radius 2 is 2.14 bits per heavy atom. The Morgan fingerprint density at radius 3 is 2.81 bits per heavy atom. The van der Waals surface area contributed by atoms with E-state index in [1.54, 1.807) is 25.5 Å². The van der Waals surface area contributed by atoms with E-state index in [0.717, 1.165) is 17.1 Å². The lowest BCUT2D eigenvalue weighted by atomic mass is 10.2. The van der Waals surface area contributed by atoms with Crippen molar-refractivity contribution in [3.8, 4) is 11.5 Å². The van der Waals surface area contributed by atoms with Crippen LogP contribution in [0.3, 0.4) is 0 Å². The van der Waals surface area contributed by atoms with Gasteiger partial charge in [0.2, 0.25) is 0 Å². The van der Waals surface area contributed by atoms with Crippen LogP contribution in [0, 0.1) is 0 Å². The van der Waals surface area contributed by atoms with Gasteiger partial charge in [-0.25, -0.2) is 0 Å². The summed E-state index contributed by atoms with van der Waals surface area (Å²) in [4.78, 5) is 0. The summed E-state index contributed by atoms with van der Waals surface area (Å²) in [5, 5.41) is 13.1. The lowest BCUT2D eigenvalue weighted by molar-refractivity contribution is 0.147. The van der Waals surface area contributed by atoms with Gasteiger partial charge in [-0.05, 0) is 36.8 Å². The minimum atomic E-state index is -0.649. The standard InChI is InChI=1S/C16H21NO4/c1-3-20-16-9-12(6-7-15(16)19-2)10-17-11-13(18)14-5-4-8-21-14/h4-9,13,17-18H,3,10-11H2,1-2H3. The van der Waals surface area contributed by atoms with Crippen LogP contribution >= 0.6 is 0 Å². The Labute approximate surface area is 124 Å². The van der Waals surface area contributed by atoms with E-state index in [0.29, 0.717) is 25.5 Å². The van der Waals surface area contributed by atoms with Crippen molar-refractivity contribution < 1.29 is 19.0 Å². The van der Waals surface area contributed by atoms with Crippen molar-refractivity contribution in [2.45, 2.75) is 19.6 Å². The molecule has 114 valence electrons. The Hall–Kier alpha value is -1.98. The molecule has 1 atom stereocenters. The highest BCUT2D eigenvalue weighted by Gasteiger charge is 2.10. The zero-order valence-corrected chi connectivity index (χ0v) is 12.3. The largest absolute Gasteiger partial charge is 0.493 e. The Bertz CT molecular complexity index is 539. The first kappa shape index (κ1) is 15.4. The van der Waals surface area contributed by atoms with Gasteiger partial charge < -0.3 is 24.3 Å². The van der Waals surface area contributed by atoms with Crippen molar-refractivity contribution in [3.05, 3.63) is 47.9 Å². The van der Waals surface area contributed by atoms with Crippen molar-refractivity contribution in [1.82, 2.24) is 5.32 Å². The fourth-order valence-electron chi connectivity index (χ4n) is 2.03. The monoisotopic (exact) mass is 291 g/mol. The van der Waals surface area contributed by atoms with Crippen LogP contribution in [0.4, 0.5) is 0 Å². The van der Waals surface area contributed by atoms with E-state index in [9.17, 15) is 5.11 Å². The van der Waals surface area contributed by atoms with E-state index in [-0.39, 0.29) is 0 Å².